The van der Waals surface area contributed by atoms with Gasteiger partial charge in [0.25, 0.3) is 0 Å². The Morgan fingerprint density at radius 1 is 0.452 bits per heavy atom. The predicted octanol–water partition coefficient (Wildman–Crippen LogP) is 0.0270. The maximum absolute atomic E-state index is 13.6. The maximum atomic E-state index is 13.6. The molecular formula is C38H66N8O14S2. The van der Waals surface area contributed by atoms with Crippen LogP contribution in [0.25, 0.3) is 0 Å². The van der Waals surface area contributed by atoms with Crippen molar-refractivity contribution in [3.8, 4) is 0 Å². The van der Waals surface area contributed by atoms with E-state index in [1.54, 1.807) is 69.2 Å². The maximum Gasteiger partial charge on any atom is 0.408 e. The van der Waals surface area contributed by atoms with Gasteiger partial charge in [-0.1, -0.05) is 49.3 Å². The van der Waals surface area contributed by atoms with Crippen LogP contribution in [0.2, 0.25) is 0 Å². The van der Waals surface area contributed by atoms with Crippen molar-refractivity contribution < 1.29 is 66.9 Å². The summed E-state index contributed by atoms with van der Waals surface area (Å²) in [7, 11) is 4.25. The number of esters is 2. The highest BCUT2D eigenvalue weighted by Crippen LogP contribution is 2.24. The predicted molar refractivity (Wildman–Crippen MR) is 230 cm³/mol. The van der Waals surface area contributed by atoms with Gasteiger partial charge in [-0.15, -0.1) is 0 Å². The second-order valence-electron chi connectivity index (χ2n) is 16.5. The van der Waals surface area contributed by atoms with Crippen molar-refractivity contribution in [3.05, 3.63) is 0 Å². The lowest BCUT2D eigenvalue weighted by Gasteiger charge is -2.25. The van der Waals surface area contributed by atoms with Crippen LogP contribution in [0.4, 0.5) is 9.59 Å². The van der Waals surface area contributed by atoms with Crippen molar-refractivity contribution in [1.82, 2.24) is 42.5 Å². The molecule has 4 atom stereocenters. The molecule has 0 heterocycles. The van der Waals surface area contributed by atoms with Crippen LogP contribution in [0.5, 0.6) is 0 Å². The van der Waals surface area contributed by atoms with Gasteiger partial charge >= 0.3 is 24.1 Å². The van der Waals surface area contributed by atoms with Gasteiger partial charge < -0.3 is 61.5 Å². The Bertz CT molecular complexity index is 1440. The van der Waals surface area contributed by atoms with Crippen LogP contribution in [0.15, 0.2) is 0 Å². The van der Waals surface area contributed by atoms with E-state index in [2.05, 4.69) is 52.0 Å². The molecule has 0 aromatic heterocycles. The number of nitrogens with one attached hydrogen (secondary N) is 8. The van der Waals surface area contributed by atoms with Gasteiger partial charge in [-0.3, -0.25) is 38.4 Å². The summed E-state index contributed by atoms with van der Waals surface area (Å²) < 4.78 is 19.4. The third kappa shape index (κ3) is 27.8. The van der Waals surface area contributed by atoms with Crippen molar-refractivity contribution in [2.75, 3.05) is 51.9 Å². The molecule has 8 N–H and O–H groups in total. The fourth-order valence-electron chi connectivity index (χ4n) is 4.68. The zero-order valence-electron chi connectivity index (χ0n) is 37.7. The lowest BCUT2D eigenvalue weighted by Crippen LogP contribution is -2.56. The Hall–Kier alpha value is -5.00. The summed E-state index contributed by atoms with van der Waals surface area (Å²) in [5.74, 6) is -6.56. The molecule has 0 rings (SSSR count). The molecule has 0 radical (unpaired) electrons. The number of rotatable bonds is 25. The first kappa shape index (κ1) is 57.0. The zero-order valence-corrected chi connectivity index (χ0v) is 39.3. The smallest absolute Gasteiger partial charge is 0.408 e. The first-order valence-corrected chi connectivity index (χ1v) is 22.2. The quantitative estimate of drug-likeness (QED) is 0.0259. The monoisotopic (exact) mass is 922 g/mol. The average molecular weight is 923 g/mol. The number of carbonyl (C=O) groups excluding carboxylic acids is 10. The van der Waals surface area contributed by atoms with Gasteiger partial charge in [0.15, 0.2) is 0 Å². The van der Waals surface area contributed by atoms with Crippen LogP contribution in [-0.4, -0.2) is 147 Å². The summed E-state index contributed by atoms with van der Waals surface area (Å²) in [4.78, 5) is 127. The highest BCUT2D eigenvalue weighted by Gasteiger charge is 2.31. The standard InChI is InChI=1S/C38H66N8O14S2/c1-21(2)13-23(43-27(47)15-41-35(55)59-37(5,6)7)33(53)45-25(31(51)39-17-29(49)57-11)19-61-62-20-26(32(52)40-18-30(50)58-12)46-34(54)24(14-22(3)4)44-28(48)16-42-36(56)60-38(8,9)10/h21-26H,13-20H2,1-12H3,(H,39,51)(H,40,52)(H,41,55)(H,42,56)(H,43,47)(H,44,48)(H,45,53)(H,46,54)/t23-,24-,25-,26-/m0/s1. The van der Waals surface area contributed by atoms with Gasteiger partial charge in [-0.05, 0) is 66.2 Å². The third-order valence-corrected chi connectivity index (χ3v) is 9.81. The number of carbonyl (C=O) groups is 10. The van der Waals surface area contributed by atoms with Gasteiger partial charge in [0.2, 0.25) is 35.4 Å². The largest absolute Gasteiger partial charge is 0.468 e. The van der Waals surface area contributed by atoms with E-state index in [-0.39, 0.29) is 36.2 Å². The molecule has 0 aliphatic heterocycles. The van der Waals surface area contributed by atoms with Crippen molar-refractivity contribution in [3.63, 3.8) is 0 Å². The van der Waals surface area contributed by atoms with Crippen molar-refractivity contribution in [1.29, 1.82) is 0 Å². The van der Waals surface area contributed by atoms with Crippen molar-refractivity contribution in [2.24, 2.45) is 11.8 Å². The van der Waals surface area contributed by atoms with E-state index in [9.17, 15) is 47.9 Å². The Balaban J connectivity index is 6.10. The molecular weight excluding hydrogens is 857 g/mol. The molecule has 62 heavy (non-hydrogen) atoms. The van der Waals surface area contributed by atoms with E-state index in [4.69, 9.17) is 9.47 Å². The van der Waals surface area contributed by atoms with E-state index >= 15 is 0 Å². The topological polar surface area (TPSA) is 304 Å². The van der Waals surface area contributed by atoms with Gasteiger partial charge in [0, 0.05) is 11.5 Å². The summed E-state index contributed by atoms with van der Waals surface area (Å²) in [5.41, 5.74) is -1.63. The molecule has 0 spiro atoms. The van der Waals surface area contributed by atoms with Gasteiger partial charge in [-0.25, -0.2) is 9.59 Å². The number of hydrogen-bond donors (Lipinski definition) is 8. The average Bonchev–Trinajstić information content (AvgIpc) is 3.15. The molecule has 22 nitrogen and oxygen atoms in total. The van der Waals surface area contributed by atoms with Crippen molar-refractivity contribution in [2.45, 2.75) is 117 Å². The summed E-state index contributed by atoms with van der Waals surface area (Å²) >= 11 is 0. The van der Waals surface area contributed by atoms with Crippen LogP contribution in [-0.2, 0) is 57.3 Å². The molecule has 354 valence electrons. The SMILES string of the molecule is COC(=O)CNC(=O)[C@H](CSSC[C@H](NC(=O)[C@H](CC(C)C)NC(=O)CNC(=O)OC(C)(C)C)C(=O)NCC(=O)OC)NC(=O)[C@H](CC(C)C)NC(=O)CNC(=O)OC(C)(C)C. The number of hydrogen-bond acceptors (Lipinski definition) is 16. The Kier molecular flexibility index (Phi) is 26.3. The summed E-state index contributed by atoms with van der Waals surface area (Å²) in [6.45, 7) is 15.0. The highest BCUT2D eigenvalue weighted by molar-refractivity contribution is 8.76. The summed E-state index contributed by atoms with van der Waals surface area (Å²) in [6, 6.07) is -4.92. The molecule has 0 saturated carbocycles. The van der Waals surface area contributed by atoms with Crippen LogP contribution in [0.1, 0.15) is 82.1 Å². The molecule has 0 aliphatic rings. The first-order chi connectivity index (χ1) is 28.7. The van der Waals surface area contributed by atoms with Gasteiger partial charge in [-0.2, -0.15) is 0 Å². The molecule has 8 amide bonds. The lowest BCUT2D eigenvalue weighted by atomic mass is 10.0. The van der Waals surface area contributed by atoms with E-state index in [0.29, 0.717) is 0 Å². The number of alkyl carbamates (subject to hydrolysis) is 2. The van der Waals surface area contributed by atoms with E-state index in [1.807, 2.05) is 0 Å². The van der Waals surface area contributed by atoms with Crippen molar-refractivity contribution >= 4 is 81.2 Å². The van der Waals surface area contributed by atoms with E-state index in [0.717, 1.165) is 35.8 Å². The Labute approximate surface area is 370 Å². The van der Waals surface area contributed by atoms with E-state index < -0.39 is 121 Å². The molecule has 0 fully saturated rings. The fraction of sp³-hybridized carbons (Fsp3) is 0.737. The minimum atomic E-state index is -1.31. The second-order valence-corrected chi connectivity index (χ2v) is 19.0. The molecule has 24 heteroatoms. The fourth-order valence-corrected chi connectivity index (χ4v) is 7.01. The van der Waals surface area contributed by atoms with Gasteiger partial charge in [0.05, 0.1) is 14.2 Å². The molecule has 0 aliphatic carbocycles. The zero-order chi connectivity index (χ0) is 47.8. The Morgan fingerprint density at radius 2 is 0.774 bits per heavy atom. The lowest BCUT2D eigenvalue weighted by molar-refractivity contribution is -0.141. The summed E-state index contributed by atoms with van der Waals surface area (Å²) in [5, 5.41) is 19.7. The van der Waals surface area contributed by atoms with Crippen LogP contribution < -0.4 is 42.5 Å². The van der Waals surface area contributed by atoms with Gasteiger partial charge in [0.1, 0.15) is 61.5 Å². The third-order valence-electron chi connectivity index (χ3n) is 7.39. The number of amides is 8. The van der Waals surface area contributed by atoms with Crippen LogP contribution in [0, 0.1) is 11.8 Å². The molecule has 0 bridgehead atoms. The minimum absolute atomic E-state index is 0.110. The number of methoxy groups -OCH3 is 2. The minimum Gasteiger partial charge on any atom is -0.468 e. The normalized spacial score (nSPS) is 13.2. The molecule has 0 aromatic rings. The molecule has 0 saturated heterocycles. The second kappa shape index (κ2) is 28.6. The summed E-state index contributed by atoms with van der Waals surface area (Å²) in [6.07, 6.45) is -1.40. The highest BCUT2D eigenvalue weighted by atomic mass is 33.1. The Morgan fingerprint density at radius 3 is 1.05 bits per heavy atom. The molecule has 0 unspecified atom stereocenters. The number of ether oxygens (including phenoxy) is 4. The van der Waals surface area contributed by atoms with Crippen LogP contribution in [0.3, 0.4) is 0 Å². The molecule has 0 aromatic carbocycles. The first-order valence-electron chi connectivity index (χ1n) is 19.7. The van der Waals surface area contributed by atoms with E-state index in [1.165, 1.54) is 0 Å². The van der Waals surface area contributed by atoms with Crippen LogP contribution >= 0.6 is 21.6 Å².